The van der Waals surface area contributed by atoms with Gasteiger partial charge in [0.2, 0.25) is 0 Å². The first-order valence-corrected chi connectivity index (χ1v) is 13.2. The number of carbonyl (C=O) groups excluding carboxylic acids is 3. The molecule has 4 rings (SSSR count). The molecule has 0 saturated carbocycles. The van der Waals surface area contributed by atoms with Gasteiger partial charge in [-0.05, 0) is 58.9 Å². The van der Waals surface area contributed by atoms with Crippen molar-refractivity contribution in [2.75, 3.05) is 26.1 Å². The lowest BCUT2D eigenvalue weighted by Gasteiger charge is -2.20. The number of anilines is 1. The molecule has 0 saturated heterocycles. The SMILES string of the molecule is CC[C@@H](CN1Cc2ccc(-c3ccc(NC(=O)c4ccc(C(C)(C)C)cc4)cc3OC)cc2C1=O)C(=O)OC. The minimum absolute atomic E-state index is 0.0135. The van der Waals surface area contributed by atoms with E-state index in [2.05, 4.69) is 26.1 Å². The maximum Gasteiger partial charge on any atom is 0.310 e. The number of nitrogens with one attached hydrogen (secondary N) is 1. The lowest BCUT2D eigenvalue weighted by molar-refractivity contribution is -0.146. The van der Waals surface area contributed by atoms with Crippen molar-refractivity contribution in [1.82, 2.24) is 4.90 Å². The average molecular weight is 529 g/mol. The summed E-state index contributed by atoms with van der Waals surface area (Å²) in [6.45, 7) is 9.10. The van der Waals surface area contributed by atoms with Gasteiger partial charge in [0.05, 0.1) is 20.1 Å². The van der Waals surface area contributed by atoms with Crippen LogP contribution < -0.4 is 10.1 Å². The Morgan fingerprint density at radius 2 is 1.69 bits per heavy atom. The highest BCUT2D eigenvalue weighted by atomic mass is 16.5. The molecule has 1 heterocycles. The van der Waals surface area contributed by atoms with Gasteiger partial charge in [-0.2, -0.15) is 0 Å². The van der Waals surface area contributed by atoms with Gasteiger partial charge < -0.3 is 19.7 Å². The fraction of sp³-hybridized carbons (Fsp3) is 0.344. The van der Waals surface area contributed by atoms with E-state index < -0.39 is 0 Å². The van der Waals surface area contributed by atoms with Gasteiger partial charge in [0.15, 0.2) is 0 Å². The fourth-order valence-electron chi connectivity index (χ4n) is 4.81. The number of amides is 2. The van der Waals surface area contributed by atoms with Crippen molar-refractivity contribution < 1.29 is 23.9 Å². The number of methoxy groups -OCH3 is 2. The lowest BCUT2D eigenvalue weighted by Crippen LogP contribution is -2.33. The van der Waals surface area contributed by atoms with E-state index in [0.717, 1.165) is 22.3 Å². The zero-order valence-corrected chi connectivity index (χ0v) is 23.5. The topological polar surface area (TPSA) is 84.9 Å². The second kappa shape index (κ2) is 11.3. The number of ether oxygens (including phenoxy) is 2. The van der Waals surface area contributed by atoms with Crippen LogP contribution in [0.1, 0.15) is 66.0 Å². The molecule has 0 spiro atoms. The average Bonchev–Trinajstić information content (AvgIpc) is 3.24. The summed E-state index contributed by atoms with van der Waals surface area (Å²) in [6, 6.07) is 18.9. The first kappa shape index (κ1) is 27.9. The molecule has 0 fully saturated rings. The molecule has 1 aliphatic heterocycles. The van der Waals surface area contributed by atoms with Crippen LogP contribution in [0.3, 0.4) is 0 Å². The van der Waals surface area contributed by atoms with Crippen LogP contribution in [0.25, 0.3) is 11.1 Å². The Hall–Kier alpha value is -4.13. The van der Waals surface area contributed by atoms with Crippen molar-refractivity contribution in [2.24, 2.45) is 5.92 Å². The molecule has 0 aromatic heterocycles. The number of esters is 1. The number of hydrogen-bond donors (Lipinski definition) is 1. The van der Waals surface area contributed by atoms with Crippen molar-refractivity contribution in [3.63, 3.8) is 0 Å². The second-order valence-corrected chi connectivity index (χ2v) is 10.9. The molecule has 0 bridgehead atoms. The molecular weight excluding hydrogens is 492 g/mol. The molecular formula is C32H36N2O5. The summed E-state index contributed by atoms with van der Waals surface area (Å²) in [4.78, 5) is 39.8. The Labute approximate surface area is 230 Å². The van der Waals surface area contributed by atoms with Gasteiger partial charge >= 0.3 is 5.97 Å². The van der Waals surface area contributed by atoms with Gasteiger partial charge in [-0.15, -0.1) is 0 Å². The van der Waals surface area contributed by atoms with E-state index in [1.165, 1.54) is 7.11 Å². The van der Waals surface area contributed by atoms with Gasteiger partial charge in [0.1, 0.15) is 5.75 Å². The van der Waals surface area contributed by atoms with Gasteiger partial charge in [-0.25, -0.2) is 0 Å². The maximum absolute atomic E-state index is 13.2. The molecule has 1 N–H and O–H groups in total. The normalized spacial score (nSPS) is 13.6. The maximum atomic E-state index is 13.2. The van der Waals surface area contributed by atoms with E-state index >= 15 is 0 Å². The van der Waals surface area contributed by atoms with Crippen LogP contribution in [-0.2, 0) is 21.5 Å². The van der Waals surface area contributed by atoms with E-state index in [9.17, 15) is 14.4 Å². The monoisotopic (exact) mass is 528 g/mol. The van der Waals surface area contributed by atoms with Gasteiger partial charge in [-0.1, -0.05) is 52.0 Å². The van der Waals surface area contributed by atoms with Crippen molar-refractivity contribution in [2.45, 2.75) is 46.1 Å². The summed E-state index contributed by atoms with van der Waals surface area (Å²) < 4.78 is 10.5. The Kier molecular flexibility index (Phi) is 8.09. The molecule has 7 nitrogen and oxygen atoms in total. The van der Waals surface area contributed by atoms with Gasteiger partial charge in [0, 0.05) is 41.5 Å². The quantitative estimate of drug-likeness (QED) is 0.359. The Balaban J connectivity index is 1.52. The molecule has 0 radical (unpaired) electrons. The summed E-state index contributed by atoms with van der Waals surface area (Å²) in [6.07, 6.45) is 0.598. The molecule has 0 unspecified atom stereocenters. The summed E-state index contributed by atoms with van der Waals surface area (Å²) >= 11 is 0. The zero-order chi connectivity index (χ0) is 28.3. The van der Waals surface area contributed by atoms with Crippen LogP contribution in [0.15, 0.2) is 60.7 Å². The molecule has 1 atom stereocenters. The van der Waals surface area contributed by atoms with Gasteiger partial charge in [-0.3, -0.25) is 14.4 Å². The largest absolute Gasteiger partial charge is 0.496 e. The van der Waals surface area contributed by atoms with Gasteiger partial charge in [0.25, 0.3) is 11.8 Å². The van der Waals surface area contributed by atoms with Crippen molar-refractivity contribution in [1.29, 1.82) is 0 Å². The minimum atomic E-state index is -0.355. The summed E-state index contributed by atoms with van der Waals surface area (Å²) in [7, 11) is 2.94. The molecule has 39 heavy (non-hydrogen) atoms. The van der Waals surface area contributed by atoms with Crippen molar-refractivity contribution in [3.05, 3.63) is 82.9 Å². The number of fused-ring (bicyclic) bond motifs is 1. The van der Waals surface area contributed by atoms with Crippen LogP contribution in [0.2, 0.25) is 0 Å². The highest BCUT2D eigenvalue weighted by Crippen LogP contribution is 2.36. The third kappa shape index (κ3) is 5.98. The molecule has 1 aliphatic rings. The number of carbonyl (C=O) groups is 3. The van der Waals surface area contributed by atoms with E-state index in [1.807, 2.05) is 61.5 Å². The van der Waals surface area contributed by atoms with E-state index in [1.54, 1.807) is 18.1 Å². The van der Waals surface area contributed by atoms with Crippen LogP contribution in [0.5, 0.6) is 5.75 Å². The smallest absolute Gasteiger partial charge is 0.310 e. The van der Waals surface area contributed by atoms with E-state index in [0.29, 0.717) is 42.1 Å². The third-order valence-electron chi connectivity index (χ3n) is 7.24. The van der Waals surface area contributed by atoms with Crippen molar-refractivity contribution >= 4 is 23.5 Å². The van der Waals surface area contributed by atoms with Crippen LogP contribution in [-0.4, -0.2) is 43.4 Å². The Morgan fingerprint density at radius 3 is 2.31 bits per heavy atom. The molecule has 7 heteroatoms. The molecule has 3 aromatic rings. The Bertz CT molecular complexity index is 1390. The first-order chi connectivity index (χ1) is 18.5. The fourth-order valence-corrected chi connectivity index (χ4v) is 4.81. The zero-order valence-electron chi connectivity index (χ0n) is 23.5. The number of benzene rings is 3. The predicted molar refractivity (Wildman–Crippen MR) is 152 cm³/mol. The number of hydrogen-bond acceptors (Lipinski definition) is 5. The molecule has 204 valence electrons. The van der Waals surface area contributed by atoms with E-state index in [-0.39, 0.29) is 29.1 Å². The van der Waals surface area contributed by atoms with Crippen molar-refractivity contribution in [3.8, 4) is 16.9 Å². The highest BCUT2D eigenvalue weighted by molar-refractivity contribution is 6.04. The predicted octanol–water partition coefficient (Wildman–Crippen LogP) is 6.07. The standard InChI is InChI=1S/C32H36N2O5/c1-7-20(31(37)39-6)18-34-19-23-9-8-22(16-27(23)30(34)36)26-15-14-25(17-28(26)38-5)33-29(35)21-10-12-24(13-11-21)32(2,3)4/h8-17,20H,7,18-19H2,1-6H3,(H,33,35)/t20-/m0/s1. The minimum Gasteiger partial charge on any atom is -0.496 e. The lowest BCUT2D eigenvalue weighted by atomic mass is 9.87. The van der Waals surface area contributed by atoms with Crippen LogP contribution in [0.4, 0.5) is 5.69 Å². The number of rotatable bonds is 8. The first-order valence-electron chi connectivity index (χ1n) is 13.2. The summed E-state index contributed by atoms with van der Waals surface area (Å²) in [5, 5.41) is 2.94. The number of nitrogens with zero attached hydrogens (tertiary/aromatic N) is 1. The summed E-state index contributed by atoms with van der Waals surface area (Å²) in [5.41, 5.74) is 5.53. The molecule has 2 amide bonds. The summed E-state index contributed by atoms with van der Waals surface area (Å²) in [5.74, 6) is -0.386. The van der Waals surface area contributed by atoms with Crippen LogP contribution in [0, 0.1) is 5.92 Å². The highest BCUT2D eigenvalue weighted by Gasteiger charge is 2.31. The van der Waals surface area contributed by atoms with Crippen LogP contribution >= 0.6 is 0 Å². The van der Waals surface area contributed by atoms with E-state index in [4.69, 9.17) is 9.47 Å². The molecule has 3 aromatic carbocycles. The third-order valence-corrected chi connectivity index (χ3v) is 7.24. The second-order valence-electron chi connectivity index (χ2n) is 10.9. The molecule has 0 aliphatic carbocycles. The Morgan fingerprint density at radius 1 is 0.974 bits per heavy atom.